The molecule has 2 aromatic rings. The summed E-state index contributed by atoms with van der Waals surface area (Å²) in [7, 11) is 0. The van der Waals surface area contributed by atoms with Crippen LogP contribution in [0.2, 0.25) is 0 Å². The number of aromatic nitrogens is 3. The van der Waals surface area contributed by atoms with Gasteiger partial charge in [0.2, 0.25) is 0 Å². The van der Waals surface area contributed by atoms with Crippen LogP contribution in [-0.2, 0) is 11.3 Å². The van der Waals surface area contributed by atoms with Gasteiger partial charge in [0.05, 0.1) is 12.2 Å². The van der Waals surface area contributed by atoms with Crippen molar-refractivity contribution in [1.82, 2.24) is 19.9 Å². The van der Waals surface area contributed by atoms with Crippen molar-refractivity contribution in [3.63, 3.8) is 0 Å². The van der Waals surface area contributed by atoms with Crippen molar-refractivity contribution in [2.45, 2.75) is 32.4 Å². The van der Waals surface area contributed by atoms with Crippen molar-refractivity contribution < 1.29 is 19.1 Å². The first kappa shape index (κ1) is 16.1. The fourth-order valence-corrected chi connectivity index (χ4v) is 2.87. The quantitative estimate of drug-likeness (QED) is 0.916. The molecule has 2 heterocycles. The van der Waals surface area contributed by atoms with E-state index in [0.29, 0.717) is 31.6 Å². The van der Waals surface area contributed by atoms with E-state index in [4.69, 9.17) is 0 Å². The highest BCUT2D eigenvalue weighted by molar-refractivity contribution is 5.96. The van der Waals surface area contributed by atoms with Gasteiger partial charge in [0.15, 0.2) is 5.69 Å². The van der Waals surface area contributed by atoms with Crippen LogP contribution in [0, 0.1) is 12.7 Å². The summed E-state index contributed by atoms with van der Waals surface area (Å²) < 4.78 is 14.5. The molecule has 1 aromatic heterocycles. The number of aliphatic carboxylic acids is 1. The molecule has 8 heteroatoms. The zero-order valence-corrected chi connectivity index (χ0v) is 13.1. The third-order valence-corrected chi connectivity index (χ3v) is 4.23. The topological polar surface area (TPSA) is 88.3 Å². The molecule has 0 bridgehead atoms. The van der Waals surface area contributed by atoms with Gasteiger partial charge in [-0.2, -0.15) is 0 Å². The monoisotopic (exact) mass is 332 g/mol. The van der Waals surface area contributed by atoms with Crippen LogP contribution < -0.4 is 0 Å². The van der Waals surface area contributed by atoms with Crippen LogP contribution in [0.5, 0.6) is 0 Å². The van der Waals surface area contributed by atoms with Crippen molar-refractivity contribution in [2.24, 2.45) is 0 Å². The Labute approximate surface area is 137 Å². The molecular weight excluding hydrogens is 315 g/mol. The van der Waals surface area contributed by atoms with Gasteiger partial charge in [0, 0.05) is 6.54 Å². The number of carbonyl (C=O) groups excluding carboxylic acids is 1. The standard InChI is InChI=1S/C16H17FN4O3/c1-10-14(15(22)20-8-2-3-13(20)16(23)24)18-19-21(10)9-11-4-6-12(17)7-5-11/h4-7,13H,2-3,8-9H2,1H3,(H,23,24)/t13-/m0/s1. The number of halogens is 1. The van der Waals surface area contributed by atoms with Crippen LogP contribution in [0.1, 0.15) is 34.6 Å². The van der Waals surface area contributed by atoms with E-state index in [1.807, 2.05) is 0 Å². The van der Waals surface area contributed by atoms with E-state index in [1.54, 1.807) is 23.7 Å². The summed E-state index contributed by atoms with van der Waals surface area (Å²) in [5.74, 6) is -1.74. The van der Waals surface area contributed by atoms with Crippen LogP contribution in [-0.4, -0.2) is 49.5 Å². The van der Waals surface area contributed by atoms with Gasteiger partial charge in [-0.1, -0.05) is 17.3 Å². The van der Waals surface area contributed by atoms with E-state index in [2.05, 4.69) is 10.3 Å². The molecular formula is C16H17FN4O3. The van der Waals surface area contributed by atoms with Gasteiger partial charge in [-0.15, -0.1) is 5.10 Å². The van der Waals surface area contributed by atoms with Crippen molar-refractivity contribution in [2.75, 3.05) is 6.54 Å². The van der Waals surface area contributed by atoms with Gasteiger partial charge in [-0.25, -0.2) is 13.9 Å². The third kappa shape index (κ3) is 2.99. The molecule has 0 aliphatic carbocycles. The van der Waals surface area contributed by atoms with E-state index in [0.717, 1.165) is 5.56 Å². The number of carbonyl (C=O) groups is 2. The molecule has 0 radical (unpaired) electrons. The van der Waals surface area contributed by atoms with Crippen LogP contribution in [0.3, 0.4) is 0 Å². The predicted molar refractivity (Wildman–Crippen MR) is 82.0 cm³/mol. The molecule has 1 N–H and O–H groups in total. The zero-order valence-electron chi connectivity index (χ0n) is 13.1. The Morgan fingerprint density at radius 1 is 1.33 bits per heavy atom. The second-order valence-corrected chi connectivity index (χ2v) is 5.80. The summed E-state index contributed by atoms with van der Waals surface area (Å²) >= 11 is 0. The molecule has 1 fully saturated rings. The fourth-order valence-electron chi connectivity index (χ4n) is 2.87. The average molecular weight is 332 g/mol. The van der Waals surface area contributed by atoms with Crippen LogP contribution in [0.15, 0.2) is 24.3 Å². The third-order valence-electron chi connectivity index (χ3n) is 4.23. The van der Waals surface area contributed by atoms with Crippen molar-refractivity contribution >= 4 is 11.9 Å². The second kappa shape index (κ2) is 6.38. The number of carboxylic acids is 1. The first-order valence-electron chi connectivity index (χ1n) is 7.65. The molecule has 7 nitrogen and oxygen atoms in total. The minimum Gasteiger partial charge on any atom is -0.480 e. The highest BCUT2D eigenvalue weighted by atomic mass is 19.1. The zero-order chi connectivity index (χ0) is 17.3. The molecule has 3 rings (SSSR count). The molecule has 1 aliphatic heterocycles. The molecule has 1 aliphatic rings. The van der Waals surface area contributed by atoms with E-state index < -0.39 is 17.9 Å². The molecule has 24 heavy (non-hydrogen) atoms. The molecule has 1 aromatic carbocycles. The first-order valence-corrected chi connectivity index (χ1v) is 7.65. The Morgan fingerprint density at radius 3 is 2.71 bits per heavy atom. The van der Waals surface area contributed by atoms with E-state index in [1.165, 1.54) is 17.0 Å². The van der Waals surface area contributed by atoms with Crippen molar-refractivity contribution in [3.8, 4) is 0 Å². The molecule has 1 atom stereocenters. The number of rotatable bonds is 4. The smallest absolute Gasteiger partial charge is 0.326 e. The molecule has 0 unspecified atom stereocenters. The molecule has 1 saturated heterocycles. The lowest BCUT2D eigenvalue weighted by Crippen LogP contribution is -2.40. The maximum absolute atomic E-state index is 13.0. The molecule has 1 amide bonds. The number of carboxylic acid groups (broad SMARTS) is 1. The summed E-state index contributed by atoms with van der Waals surface area (Å²) in [5.41, 5.74) is 1.54. The van der Waals surface area contributed by atoms with Gasteiger partial charge in [-0.3, -0.25) is 4.79 Å². The number of nitrogens with zero attached hydrogens (tertiary/aromatic N) is 4. The summed E-state index contributed by atoms with van der Waals surface area (Å²) in [6.07, 6.45) is 1.11. The Morgan fingerprint density at radius 2 is 2.04 bits per heavy atom. The van der Waals surface area contributed by atoms with Crippen LogP contribution >= 0.6 is 0 Å². The lowest BCUT2D eigenvalue weighted by atomic mass is 10.2. The molecule has 0 saturated carbocycles. The van der Waals surface area contributed by atoms with Gasteiger partial charge < -0.3 is 10.0 Å². The average Bonchev–Trinajstić information content (AvgIpc) is 3.17. The largest absolute Gasteiger partial charge is 0.480 e. The Balaban J connectivity index is 1.80. The maximum Gasteiger partial charge on any atom is 0.326 e. The SMILES string of the molecule is Cc1c(C(=O)N2CCC[C@H]2C(=O)O)nnn1Cc1ccc(F)cc1. The summed E-state index contributed by atoms with van der Waals surface area (Å²) in [5, 5.41) is 17.1. The Bertz CT molecular complexity index is 772. The van der Waals surface area contributed by atoms with Gasteiger partial charge in [0.25, 0.3) is 5.91 Å². The maximum atomic E-state index is 13.0. The fraction of sp³-hybridized carbons (Fsp3) is 0.375. The lowest BCUT2D eigenvalue weighted by Gasteiger charge is -2.20. The van der Waals surface area contributed by atoms with Gasteiger partial charge >= 0.3 is 5.97 Å². The van der Waals surface area contributed by atoms with Gasteiger partial charge in [0.1, 0.15) is 11.9 Å². The summed E-state index contributed by atoms with van der Waals surface area (Å²) in [4.78, 5) is 25.2. The second-order valence-electron chi connectivity index (χ2n) is 5.80. The minimum absolute atomic E-state index is 0.158. The number of hydrogen-bond acceptors (Lipinski definition) is 4. The highest BCUT2D eigenvalue weighted by Gasteiger charge is 2.36. The number of amides is 1. The molecule has 0 spiro atoms. The minimum atomic E-state index is -1.00. The Kier molecular flexibility index (Phi) is 4.28. The van der Waals surface area contributed by atoms with Crippen LogP contribution in [0.4, 0.5) is 4.39 Å². The lowest BCUT2D eigenvalue weighted by molar-refractivity contribution is -0.141. The van der Waals surface area contributed by atoms with Crippen LogP contribution in [0.25, 0.3) is 0 Å². The first-order chi connectivity index (χ1) is 11.5. The van der Waals surface area contributed by atoms with E-state index in [9.17, 15) is 19.1 Å². The van der Waals surface area contributed by atoms with Crippen molar-refractivity contribution in [3.05, 3.63) is 47.0 Å². The predicted octanol–water partition coefficient (Wildman–Crippen LogP) is 1.46. The summed E-state index contributed by atoms with van der Waals surface area (Å²) in [6, 6.07) is 5.18. The number of benzene rings is 1. The normalized spacial score (nSPS) is 17.2. The van der Waals surface area contributed by atoms with Gasteiger partial charge in [-0.05, 0) is 37.5 Å². The van der Waals surface area contributed by atoms with E-state index in [-0.39, 0.29) is 11.5 Å². The van der Waals surface area contributed by atoms with E-state index >= 15 is 0 Å². The highest BCUT2D eigenvalue weighted by Crippen LogP contribution is 2.21. The number of likely N-dealkylation sites (tertiary alicyclic amines) is 1. The summed E-state index contributed by atoms with van der Waals surface area (Å²) in [6.45, 7) is 2.47. The number of hydrogen-bond donors (Lipinski definition) is 1. The Hall–Kier alpha value is -2.77. The van der Waals surface area contributed by atoms with Crippen molar-refractivity contribution in [1.29, 1.82) is 0 Å². The molecule has 126 valence electrons.